The van der Waals surface area contributed by atoms with Crippen LogP contribution in [0.4, 0.5) is 0 Å². The van der Waals surface area contributed by atoms with E-state index in [1.54, 1.807) is 0 Å². The van der Waals surface area contributed by atoms with Gasteiger partial charge in [0.1, 0.15) is 0 Å². The summed E-state index contributed by atoms with van der Waals surface area (Å²) in [5, 5.41) is 10.4. The highest BCUT2D eigenvalue weighted by Gasteiger charge is 2.57. The molecule has 18 heavy (non-hydrogen) atoms. The molecule has 0 radical (unpaired) electrons. The Bertz CT molecular complexity index is 362. The summed E-state index contributed by atoms with van der Waals surface area (Å²) >= 11 is 7.59. The lowest BCUT2D eigenvalue weighted by Gasteiger charge is -2.59. The monoisotopic (exact) mass is 378 g/mol. The van der Waals surface area contributed by atoms with Crippen LogP contribution in [-0.4, -0.2) is 20.4 Å². The standard InChI is InChI=1S/C15H24Br2O/c1-10-5-6-11(16)13(2,3)15(10)8-7-14(4,18)12(17)9-15/h11-12,18H,1,5-9H2,2-4H3/t11-,12+,14+,15+/m0/s1. The first-order valence-electron chi connectivity index (χ1n) is 6.82. The highest BCUT2D eigenvalue weighted by atomic mass is 79.9. The lowest BCUT2D eigenvalue weighted by atomic mass is 9.49. The third kappa shape index (κ3) is 2.05. The number of halogens is 2. The average Bonchev–Trinajstić information content (AvgIpc) is 2.27. The van der Waals surface area contributed by atoms with Crippen molar-refractivity contribution in [3.63, 3.8) is 0 Å². The van der Waals surface area contributed by atoms with E-state index in [1.165, 1.54) is 12.0 Å². The van der Waals surface area contributed by atoms with Gasteiger partial charge in [-0.15, -0.1) is 0 Å². The first-order chi connectivity index (χ1) is 8.13. The molecule has 0 saturated heterocycles. The Hall–Kier alpha value is 0.660. The molecule has 4 atom stereocenters. The molecule has 2 aliphatic carbocycles. The molecule has 0 bridgehead atoms. The zero-order valence-corrected chi connectivity index (χ0v) is 14.8. The van der Waals surface area contributed by atoms with Gasteiger partial charge in [-0.25, -0.2) is 0 Å². The van der Waals surface area contributed by atoms with Crippen LogP contribution in [0.2, 0.25) is 0 Å². The minimum Gasteiger partial charge on any atom is -0.389 e. The topological polar surface area (TPSA) is 20.2 Å². The van der Waals surface area contributed by atoms with Gasteiger partial charge in [-0.2, -0.15) is 0 Å². The van der Waals surface area contributed by atoms with Crippen molar-refractivity contribution < 1.29 is 5.11 Å². The molecule has 0 amide bonds. The largest absolute Gasteiger partial charge is 0.389 e. The minimum absolute atomic E-state index is 0.160. The number of hydrogen-bond donors (Lipinski definition) is 1. The maximum absolute atomic E-state index is 10.4. The summed E-state index contributed by atoms with van der Waals surface area (Å²) in [5.41, 5.74) is 1.17. The summed E-state index contributed by atoms with van der Waals surface area (Å²) in [5.74, 6) is 0. The molecule has 2 rings (SSSR count). The molecular formula is C15H24Br2O. The Balaban J connectivity index is 2.37. The Labute approximate surface area is 128 Å². The van der Waals surface area contributed by atoms with Gasteiger partial charge in [0.05, 0.1) is 5.60 Å². The maximum Gasteiger partial charge on any atom is 0.0744 e. The summed E-state index contributed by atoms with van der Waals surface area (Å²) in [6, 6.07) is 0. The molecule has 0 unspecified atom stereocenters. The highest BCUT2D eigenvalue weighted by molar-refractivity contribution is 9.09. The van der Waals surface area contributed by atoms with Gasteiger partial charge in [-0.1, -0.05) is 57.9 Å². The number of allylic oxidation sites excluding steroid dienone is 1. The summed E-state index contributed by atoms with van der Waals surface area (Å²) < 4.78 is 0. The van der Waals surface area contributed by atoms with E-state index in [0.717, 1.165) is 25.7 Å². The predicted molar refractivity (Wildman–Crippen MR) is 84.5 cm³/mol. The van der Waals surface area contributed by atoms with E-state index in [2.05, 4.69) is 52.3 Å². The second-order valence-corrected chi connectivity index (χ2v) is 9.15. The molecule has 0 aromatic heterocycles. The minimum atomic E-state index is -0.582. The van der Waals surface area contributed by atoms with Crippen LogP contribution in [0, 0.1) is 10.8 Å². The first kappa shape index (κ1) is 15.1. The van der Waals surface area contributed by atoms with E-state index in [4.69, 9.17) is 0 Å². The SMILES string of the molecule is C=C1CC[C@H](Br)C(C)(C)[C@@]12CC[C@@](C)(O)[C@H](Br)C2. The van der Waals surface area contributed by atoms with Gasteiger partial charge >= 0.3 is 0 Å². The Kier molecular flexibility index (Phi) is 3.84. The molecule has 0 aliphatic heterocycles. The van der Waals surface area contributed by atoms with E-state index >= 15 is 0 Å². The van der Waals surface area contributed by atoms with Crippen molar-refractivity contribution >= 4 is 31.9 Å². The smallest absolute Gasteiger partial charge is 0.0744 e. The Morgan fingerprint density at radius 3 is 2.33 bits per heavy atom. The molecular weight excluding hydrogens is 356 g/mol. The van der Waals surface area contributed by atoms with Gasteiger partial charge in [0, 0.05) is 9.65 Å². The number of hydrogen-bond acceptors (Lipinski definition) is 1. The van der Waals surface area contributed by atoms with Crippen LogP contribution >= 0.6 is 31.9 Å². The quantitative estimate of drug-likeness (QED) is 0.472. The van der Waals surface area contributed by atoms with E-state index in [0.29, 0.717) is 4.83 Å². The van der Waals surface area contributed by atoms with E-state index in [-0.39, 0.29) is 15.7 Å². The third-order valence-electron chi connectivity index (χ3n) is 5.65. The number of rotatable bonds is 0. The highest BCUT2D eigenvalue weighted by Crippen LogP contribution is 2.63. The van der Waals surface area contributed by atoms with Crippen molar-refractivity contribution in [3.05, 3.63) is 12.2 Å². The van der Waals surface area contributed by atoms with Crippen LogP contribution in [-0.2, 0) is 0 Å². The molecule has 0 heterocycles. The van der Waals surface area contributed by atoms with Crippen LogP contribution < -0.4 is 0 Å². The fourth-order valence-electron chi connectivity index (χ4n) is 3.81. The van der Waals surface area contributed by atoms with Crippen molar-refractivity contribution in [2.75, 3.05) is 0 Å². The van der Waals surface area contributed by atoms with Crippen LogP contribution in [0.5, 0.6) is 0 Å². The van der Waals surface area contributed by atoms with Crippen LogP contribution in [0.15, 0.2) is 12.2 Å². The first-order valence-corrected chi connectivity index (χ1v) is 8.65. The maximum atomic E-state index is 10.4. The fourth-order valence-corrected chi connectivity index (χ4v) is 5.26. The Morgan fingerprint density at radius 1 is 1.17 bits per heavy atom. The van der Waals surface area contributed by atoms with Gasteiger partial charge in [0.15, 0.2) is 0 Å². The van der Waals surface area contributed by atoms with Crippen molar-refractivity contribution in [1.82, 2.24) is 0 Å². The lowest BCUT2D eigenvalue weighted by molar-refractivity contribution is -0.0471. The average molecular weight is 380 g/mol. The number of aliphatic hydroxyl groups is 1. The predicted octanol–water partition coefficient (Wildman–Crippen LogP) is 4.81. The van der Waals surface area contributed by atoms with Crippen molar-refractivity contribution in [2.24, 2.45) is 10.8 Å². The molecule has 0 aromatic rings. The van der Waals surface area contributed by atoms with Gasteiger partial charge in [0.2, 0.25) is 0 Å². The second-order valence-electron chi connectivity index (χ2n) is 6.94. The normalized spacial score (nSPS) is 48.4. The molecule has 1 N–H and O–H groups in total. The van der Waals surface area contributed by atoms with E-state index in [1.807, 2.05) is 6.92 Å². The van der Waals surface area contributed by atoms with E-state index in [9.17, 15) is 5.11 Å². The van der Waals surface area contributed by atoms with Crippen LogP contribution in [0.1, 0.15) is 52.9 Å². The fraction of sp³-hybridized carbons (Fsp3) is 0.867. The molecule has 2 saturated carbocycles. The van der Waals surface area contributed by atoms with Crippen molar-refractivity contribution in [1.29, 1.82) is 0 Å². The lowest BCUT2D eigenvalue weighted by Crippen LogP contribution is -2.55. The molecule has 1 spiro atoms. The summed E-state index contributed by atoms with van der Waals surface area (Å²) in [6.07, 6.45) is 5.19. The molecule has 3 heteroatoms. The van der Waals surface area contributed by atoms with Gasteiger partial charge in [-0.3, -0.25) is 0 Å². The Morgan fingerprint density at radius 2 is 1.78 bits per heavy atom. The van der Waals surface area contributed by atoms with Crippen LogP contribution in [0.25, 0.3) is 0 Å². The summed E-state index contributed by atoms with van der Waals surface area (Å²) in [4.78, 5) is 0.700. The van der Waals surface area contributed by atoms with Crippen molar-refractivity contribution in [3.8, 4) is 0 Å². The van der Waals surface area contributed by atoms with Gasteiger partial charge < -0.3 is 5.11 Å². The van der Waals surface area contributed by atoms with Gasteiger partial charge in [0.25, 0.3) is 0 Å². The molecule has 1 nitrogen and oxygen atoms in total. The van der Waals surface area contributed by atoms with Crippen LogP contribution in [0.3, 0.4) is 0 Å². The molecule has 2 aliphatic rings. The molecule has 2 fully saturated rings. The molecule has 104 valence electrons. The van der Waals surface area contributed by atoms with Gasteiger partial charge in [-0.05, 0) is 49.9 Å². The number of alkyl halides is 2. The third-order valence-corrected chi connectivity index (χ3v) is 8.57. The zero-order chi connectivity index (χ0) is 13.8. The molecule has 0 aromatic carbocycles. The second kappa shape index (κ2) is 4.60. The van der Waals surface area contributed by atoms with E-state index < -0.39 is 5.60 Å². The summed E-state index contributed by atoms with van der Waals surface area (Å²) in [7, 11) is 0. The summed E-state index contributed by atoms with van der Waals surface area (Å²) in [6.45, 7) is 11.0. The zero-order valence-electron chi connectivity index (χ0n) is 11.6. The van der Waals surface area contributed by atoms with Crippen molar-refractivity contribution in [2.45, 2.75) is 68.1 Å².